The van der Waals surface area contributed by atoms with E-state index in [1.165, 1.54) is 13.0 Å². The Morgan fingerprint density at radius 2 is 1.76 bits per heavy atom. The van der Waals surface area contributed by atoms with Crippen LogP contribution < -0.4 is 0 Å². The Hall–Kier alpha value is -1.74. The van der Waals surface area contributed by atoms with Gasteiger partial charge < -0.3 is 5.11 Å². The molecular formula is C14H14O3. The molecule has 2 rings (SSSR count). The van der Waals surface area contributed by atoms with E-state index >= 15 is 0 Å². The second kappa shape index (κ2) is 3.93. The third-order valence-electron chi connectivity index (χ3n) is 3.36. The topological polar surface area (TPSA) is 54.4 Å². The third kappa shape index (κ3) is 1.83. The molecule has 1 aliphatic rings. The van der Waals surface area contributed by atoms with Gasteiger partial charge in [0.2, 0.25) is 0 Å². The number of carbonyl (C=O) groups is 2. The van der Waals surface area contributed by atoms with E-state index in [0.29, 0.717) is 11.1 Å². The molecule has 3 nitrogen and oxygen atoms in total. The maximum absolute atomic E-state index is 12.1. The molecule has 0 bridgehead atoms. The predicted octanol–water partition coefficient (Wildman–Crippen LogP) is 1.61. The minimum atomic E-state index is -1.59. The summed E-state index contributed by atoms with van der Waals surface area (Å²) in [5, 5.41) is 9.93. The van der Waals surface area contributed by atoms with Gasteiger partial charge >= 0.3 is 0 Å². The molecule has 0 fully saturated rings. The molecule has 0 saturated heterocycles. The van der Waals surface area contributed by atoms with Gasteiger partial charge in [0.1, 0.15) is 5.60 Å². The minimum absolute atomic E-state index is 0.194. The van der Waals surface area contributed by atoms with Gasteiger partial charge in [-0.05, 0) is 18.6 Å². The third-order valence-corrected chi connectivity index (χ3v) is 3.36. The summed E-state index contributed by atoms with van der Waals surface area (Å²) in [6, 6.07) is 9.03. The highest BCUT2D eigenvalue weighted by Crippen LogP contribution is 2.32. The van der Waals surface area contributed by atoms with E-state index in [1.807, 2.05) is 18.2 Å². The first-order valence-corrected chi connectivity index (χ1v) is 5.52. The van der Waals surface area contributed by atoms with E-state index in [9.17, 15) is 14.7 Å². The highest BCUT2D eigenvalue weighted by Gasteiger charge is 2.44. The molecule has 0 spiro atoms. The number of ketones is 2. The maximum Gasteiger partial charge on any atom is 0.188 e. The van der Waals surface area contributed by atoms with E-state index < -0.39 is 17.3 Å². The van der Waals surface area contributed by atoms with Crippen molar-refractivity contribution in [2.24, 2.45) is 5.92 Å². The minimum Gasteiger partial charge on any atom is -0.381 e. The van der Waals surface area contributed by atoms with Crippen LogP contribution in [0.25, 0.3) is 5.57 Å². The van der Waals surface area contributed by atoms with Gasteiger partial charge in [-0.1, -0.05) is 37.3 Å². The molecule has 17 heavy (non-hydrogen) atoms. The van der Waals surface area contributed by atoms with Crippen LogP contribution in [0.2, 0.25) is 0 Å². The fourth-order valence-electron chi connectivity index (χ4n) is 1.89. The maximum atomic E-state index is 12.1. The number of allylic oxidation sites excluding steroid dienone is 1. The second-order valence-electron chi connectivity index (χ2n) is 4.52. The number of benzene rings is 1. The number of aliphatic hydroxyl groups is 1. The van der Waals surface area contributed by atoms with Gasteiger partial charge in [0, 0.05) is 5.57 Å². The molecule has 0 radical (unpaired) electrons. The van der Waals surface area contributed by atoms with Crippen molar-refractivity contribution in [3.8, 4) is 0 Å². The Balaban J connectivity index is 2.51. The summed E-state index contributed by atoms with van der Waals surface area (Å²) >= 11 is 0. The molecule has 0 amide bonds. The first-order chi connectivity index (χ1) is 7.94. The normalized spacial score (nSPS) is 29.1. The summed E-state index contributed by atoms with van der Waals surface area (Å²) in [5.74, 6) is -1.32. The average molecular weight is 230 g/mol. The zero-order valence-corrected chi connectivity index (χ0v) is 9.81. The van der Waals surface area contributed by atoms with Crippen LogP contribution in [-0.4, -0.2) is 22.3 Å². The highest BCUT2D eigenvalue weighted by molar-refractivity contribution is 6.30. The molecule has 1 aromatic rings. The van der Waals surface area contributed by atoms with Gasteiger partial charge in [-0.15, -0.1) is 0 Å². The van der Waals surface area contributed by atoms with Crippen LogP contribution >= 0.6 is 0 Å². The van der Waals surface area contributed by atoms with Crippen molar-refractivity contribution in [2.45, 2.75) is 19.4 Å². The standard InChI is InChI=1S/C14H14O3/c1-9-13(16)11(8-12(15)14(9,2)17)10-6-4-3-5-7-10/h3-9,17H,1-2H3/t9-,14-/m1/s1. The second-order valence-corrected chi connectivity index (χ2v) is 4.52. The van der Waals surface area contributed by atoms with Crippen LogP contribution in [0, 0.1) is 5.92 Å². The van der Waals surface area contributed by atoms with E-state index in [0.717, 1.165) is 0 Å². The van der Waals surface area contributed by atoms with E-state index in [-0.39, 0.29) is 5.78 Å². The van der Waals surface area contributed by atoms with Crippen LogP contribution in [0.3, 0.4) is 0 Å². The highest BCUT2D eigenvalue weighted by atomic mass is 16.3. The first kappa shape index (κ1) is 11.7. The van der Waals surface area contributed by atoms with Crippen molar-refractivity contribution >= 4 is 17.1 Å². The fraction of sp³-hybridized carbons (Fsp3) is 0.286. The molecule has 0 unspecified atom stereocenters. The number of rotatable bonds is 1. The summed E-state index contributed by atoms with van der Waals surface area (Å²) in [6.45, 7) is 2.96. The van der Waals surface area contributed by atoms with E-state index in [2.05, 4.69) is 0 Å². The molecule has 1 aliphatic carbocycles. The van der Waals surface area contributed by atoms with Gasteiger partial charge in [0.05, 0.1) is 5.92 Å². The summed E-state index contributed by atoms with van der Waals surface area (Å²) in [6.07, 6.45) is 1.25. The summed E-state index contributed by atoms with van der Waals surface area (Å²) in [7, 11) is 0. The van der Waals surface area contributed by atoms with Crippen LogP contribution in [0.4, 0.5) is 0 Å². The zero-order valence-electron chi connectivity index (χ0n) is 9.81. The van der Waals surface area contributed by atoms with Crippen LogP contribution in [0.1, 0.15) is 19.4 Å². The molecule has 0 aromatic heterocycles. The molecule has 2 atom stereocenters. The lowest BCUT2D eigenvalue weighted by Gasteiger charge is -2.31. The Kier molecular flexibility index (Phi) is 2.71. The number of Topliss-reactive ketones (excluding diaryl/α,β-unsaturated/α-hetero) is 1. The quantitative estimate of drug-likeness (QED) is 0.797. The molecule has 0 aliphatic heterocycles. The number of hydrogen-bond acceptors (Lipinski definition) is 3. The monoisotopic (exact) mass is 230 g/mol. The molecule has 88 valence electrons. The Morgan fingerprint density at radius 3 is 2.35 bits per heavy atom. The zero-order chi connectivity index (χ0) is 12.6. The van der Waals surface area contributed by atoms with Crippen molar-refractivity contribution in [1.82, 2.24) is 0 Å². The smallest absolute Gasteiger partial charge is 0.188 e. The Morgan fingerprint density at radius 1 is 1.18 bits per heavy atom. The molecule has 1 N–H and O–H groups in total. The Bertz CT molecular complexity index is 497. The molecular weight excluding hydrogens is 216 g/mol. The van der Waals surface area contributed by atoms with E-state index in [4.69, 9.17) is 0 Å². The van der Waals surface area contributed by atoms with Crippen molar-refractivity contribution in [1.29, 1.82) is 0 Å². The van der Waals surface area contributed by atoms with Crippen LogP contribution in [0.5, 0.6) is 0 Å². The van der Waals surface area contributed by atoms with Gasteiger partial charge in [0.15, 0.2) is 11.6 Å². The lowest BCUT2D eigenvalue weighted by Crippen LogP contribution is -2.47. The lowest BCUT2D eigenvalue weighted by atomic mass is 9.75. The molecule has 0 heterocycles. The van der Waals surface area contributed by atoms with Crippen molar-refractivity contribution in [2.75, 3.05) is 0 Å². The van der Waals surface area contributed by atoms with Gasteiger partial charge in [-0.25, -0.2) is 0 Å². The predicted molar refractivity (Wildman–Crippen MR) is 64.2 cm³/mol. The van der Waals surface area contributed by atoms with E-state index in [1.54, 1.807) is 19.1 Å². The average Bonchev–Trinajstić information content (AvgIpc) is 2.33. The van der Waals surface area contributed by atoms with Crippen LogP contribution in [-0.2, 0) is 9.59 Å². The van der Waals surface area contributed by atoms with Crippen molar-refractivity contribution in [3.05, 3.63) is 42.0 Å². The summed E-state index contributed by atoms with van der Waals surface area (Å²) in [4.78, 5) is 23.9. The molecule has 0 saturated carbocycles. The van der Waals surface area contributed by atoms with Gasteiger partial charge in [0.25, 0.3) is 0 Å². The molecule has 3 heteroatoms. The number of carbonyl (C=O) groups excluding carboxylic acids is 2. The summed E-state index contributed by atoms with van der Waals surface area (Å²) < 4.78 is 0. The lowest BCUT2D eigenvalue weighted by molar-refractivity contribution is -0.142. The Labute approximate surface area is 99.8 Å². The number of hydrogen-bond donors (Lipinski definition) is 1. The van der Waals surface area contributed by atoms with Crippen LogP contribution in [0.15, 0.2) is 36.4 Å². The first-order valence-electron chi connectivity index (χ1n) is 5.52. The summed E-state index contributed by atoms with van der Waals surface area (Å²) in [5.41, 5.74) is -0.488. The van der Waals surface area contributed by atoms with Gasteiger partial charge in [-0.3, -0.25) is 9.59 Å². The fourth-order valence-corrected chi connectivity index (χ4v) is 1.89. The van der Waals surface area contributed by atoms with Gasteiger partial charge in [-0.2, -0.15) is 0 Å². The van der Waals surface area contributed by atoms with Crippen molar-refractivity contribution < 1.29 is 14.7 Å². The molecule has 1 aromatic carbocycles. The SMILES string of the molecule is C[C@@H]1C(=O)C(c2ccccc2)=CC(=O)[C@]1(C)O. The largest absolute Gasteiger partial charge is 0.381 e. The van der Waals surface area contributed by atoms with Crippen molar-refractivity contribution in [3.63, 3.8) is 0 Å².